The number of hydrogen-bond acceptors (Lipinski definition) is 8. The lowest BCUT2D eigenvalue weighted by Gasteiger charge is -2.37. The normalized spacial score (nSPS) is 20.4. The van der Waals surface area contributed by atoms with Crippen LogP contribution in [0.25, 0.3) is 5.52 Å². The number of nitrogens with zero attached hydrogens (tertiary/aromatic N) is 3. The highest BCUT2D eigenvalue weighted by Crippen LogP contribution is 2.45. The Morgan fingerprint density at radius 3 is 2.09 bits per heavy atom. The lowest BCUT2D eigenvalue weighted by molar-refractivity contribution is -0.0723. The molecule has 1 fully saturated rings. The minimum Gasteiger partial charge on any atom is -0.497 e. The third-order valence-electron chi connectivity index (χ3n) is 8.34. The molecule has 2 N–H and O–H groups in total. The minimum atomic E-state index is -1.02. The van der Waals surface area contributed by atoms with E-state index >= 15 is 0 Å². The summed E-state index contributed by atoms with van der Waals surface area (Å²) in [6.07, 6.45) is 1.74. The predicted octanol–water partition coefficient (Wildman–Crippen LogP) is 4.27. The number of aromatic nitrogens is 4. The highest BCUT2D eigenvalue weighted by atomic mass is 16.6. The molecule has 1 aliphatic heterocycles. The molecule has 0 saturated carbocycles. The van der Waals surface area contributed by atoms with Gasteiger partial charge in [0.15, 0.2) is 0 Å². The Labute approximate surface area is 248 Å². The Balaban J connectivity index is 1.41. The molecule has 0 unspecified atom stereocenters. The molecule has 222 valence electrons. The molecule has 5 aromatic rings. The Bertz CT molecular complexity index is 1670. The molecule has 1 saturated heterocycles. The lowest BCUT2D eigenvalue weighted by Crippen LogP contribution is -2.37. The predicted molar refractivity (Wildman–Crippen MR) is 159 cm³/mol. The maximum atomic E-state index is 12.2. The summed E-state index contributed by atoms with van der Waals surface area (Å²) in [5, 5.41) is 21.9. The molecule has 0 bridgehead atoms. The van der Waals surface area contributed by atoms with Crippen molar-refractivity contribution < 1.29 is 24.1 Å². The maximum absolute atomic E-state index is 12.2. The second kappa shape index (κ2) is 12.0. The van der Waals surface area contributed by atoms with Gasteiger partial charge in [-0.2, -0.15) is 14.7 Å². The first kappa shape index (κ1) is 28.6. The first-order valence-corrected chi connectivity index (χ1v) is 14.2. The molecule has 2 aromatic heterocycles. The molecule has 0 amide bonds. The third kappa shape index (κ3) is 5.07. The van der Waals surface area contributed by atoms with Gasteiger partial charge in [0.1, 0.15) is 23.2 Å². The number of fused-ring (bicyclic) bond motifs is 1. The summed E-state index contributed by atoms with van der Waals surface area (Å²) < 4.78 is 25.7. The van der Waals surface area contributed by atoms with Crippen molar-refractivity contribution in [2.45, 2.75) is 37.3 Å². The van der Waals surface area contributed by atoms with Crippen LogP contribution in [-0.4, -0.2) is 58.0 Å². The van der Waals surface area contributed by atoms with Crippen LogP contribution in [0.4, 0.5) is 0 Å². The zero-order valence-electron chi connectivity index (χ0n) is 24.2. The molecule has 0 radical (unpaired) electrons. The van der Waals surface area contributed by atoms with Crippen molar-refractivity contribution in [3.8, 4) is 11.5 Å². The van der Waals surface area contributed by atoms with Crippen LogP contribution in [0.15, 0.2) is 96.1 Å². The highest BCUT2D eigenvalue weighted by molar-refractivity contribution is 5.53. The average molecular weight is 583 g/mol. The van der Waals surface area contributed by atoms with Crippen molar-refractivity contribution >= 4 is 5.52 Å². The van der Waals surface area contributed by atoms with Gasteiger partial charge in [-0.05, 0) is 47.4 Å². The molecule has 3 aromatic carbocycles. The zero-order valence-corrected chi connectivity index (χ0v) is 24.2. The lowest BCUT2D eigenvalue weighted by atomic mass is 9.79. The molecule has 4 atom stereocenters. The van der Waals surface area contributed by atoms with Crippen molar-refractivity contribution in [3.05, 3.63) is 124 Å². The molecule has 0 aliphatic carbocycles. The molecule has 0 spiro atoms. The maximum Gasteiger partial charge on any atom is 0.363 e. The number of aromatic amines is 1. The van der Waals surface area contributed by atoms with Crippen molar-refractivity contribution in [2.24, 2.45) is 5.92 Å². The number of methoxy groups -OCH3 is 2. The van der Waals surface area contributed by atoms with Gasteiger partial charge >= 0.3 is 5.69 Å². The van der Waals surface area contributed by atoms with Crippen LogP contribution in [0, 0.1) is 5.92 Å². The highest BCUT2D eigenvalue weighted by Gasteiger charge is 2.46. The Morgan fingerprint density at radius 2 is 1.51 bits per heavy atom. The SMILES string of the molecule is CC[C@H]1[C@@H](O)[C@H](c2cnn3c(=O)[nH]ncc23)O[C@@H]1COC(c1ccccc1)(c1ccc(OC)cc1)c1ccc(OC)cc1. The van der Waals surface area contributed by atoms with Gasteiger partial charge in [0.2, 0.25) is 0 Å². The number of rotatable bonds is 10. The summed E-state index contributed by atoms with van der Waals surface area (Å²) in [6, 6.07) is 25.7. The number of nitrogens with one attached hydrogen (secondary N) is 1. The molecule has 10 nitrogen and oxygen atoms in total. The second-order valence-electron chi connectivity index (χ2n) is 10.5. The molecule has 43 heavy (non-hydrogen) atoms. The minimum absolute atomic E-state index is 0.178. The Morgan fingerprint density at radius 1 is 0.907 bits per heavy atom. The van der Waals surface area contributed by atoms with E-state index in [1.54, 1.807) is 20.4 Å². The fourth-order valence-electron chi connectivity index (χ4n) is 6.10. The number of hydrogen-bond donors (Lipinski definition) is 2. The molecule has 1 aliphatic rings. The molecule has 10 heteroatoms. The Kier molecular flexibility index (Phi) is 7.98. The van der Waals surface area contributed by atoms with Crippen LogP contribution in [-0.2, 0) is 15.1 Å². The number of ether oxygens (including phenoxy) is 4. The molecular formula is C33H34N4O6. The number of aliphatic hydroxyl groups excluding tert-OH is 1. The standard InChI is InChI=1S/C33H34N4O6/c1-4-26-29(43-31(30(26)38)27-18-35-37-28(27)19-34-36-32(37)39)20-42-33(21-8-6-5-7-9-21,22-10-14-24(40-2)15-11-22)23-12-16-25(41-3)17-13-23/h5-19,26,29-31,38H,4,20H2,1-3H3,(H,36,39)/t26-,29-,30-,31+/m1/s1. The van der Waals surface area contributed by atoms with Gasteiger partial charge in [-0.3, -0.25) is 0 Å². The molecule has 6 rings (SSSR count). The van der Waals surface area contributed by atoms with Crippen LogP contribution >= 0.6 is 0 Å². The zero-order chi connectivity index (χ0) is 30.0. The molecular weight excluding hydrogens is 548 g/mol. The fraction of sp³-hybridized carbons (Fsp3) is 0.303. The molecule has 3 heterocycles. The van der Waals surface area contributed by atoms with E-state index in [0.717, 1.165) is 28.2 Å². The number of benzene rings is 3. The van der Waals surface area contributed by atoms with Crippen LogP contribution in [0.2, 0.25) is 0 Å². The third-order valence-corrected chi connectivity index (χ3v) is 8.34. The largest absolute Gasteiger partial charge is 0.497 e. The van der Waals surface area contributed by atoms with Gasteiger partial charge in [-0.15, -0.1) is 0 Å². The van der Waals surface area contributed by atoms with Crippen LogP contribution < -0.4 is 15.2 Å². The summed E-state index contributed by atoms with van der Waals surface area (Å²) in [5.41, 5.74) is 2.34. The van der Waals surface area contributed by atoms with E-state index in [-0.39, 0.29) is 12.5 Å². The summed E-state index contributed by atoms with van der Waals surface area (Å²) in [4.78, 5) is 12.2. The van der Waals surface area contributed by atoms with E-state index in [9.17, 15) is 9.90 Å². The quantitative estimate of drug-likeness (QED) is 0.234. The second-order valence-corrected chi connectivity index (χ2v) is 10.5. The Hall–Kier alpha value is -4.51. The van der Waals surface area contributed by atoms with Gasteiger partial charge in [0, 0.05) is 11.5 Å². The number of aliphatic hydroxyl groups is 1. The van der Waals surface area contributed by atoms with Crippen molar-refractivity contribution in [3.63, 3.8) is 0 Å². The fourth-order valence-corrected chi connectivity index (χ4v) is 6.10. The van der Waals surface area contributed by atoms with Gasteiger partial charge in [0.25, 0.3) is 0 Å². The van der Waals surface area contributed by atoms with Crippen molar-refractivity contribution in [1.82, 2.24) is 19.8 Å². The number of H-pyrrole nitrogens is 1. The van der Waals surface area contributed by atoms with Gasteiger partial charge < -0.3 is 24.1 Å². The first-order valence-electron chi connectivity index (χ1n) is 14.2. The van der Waals surface area contributed by atoms with Gasteiger partial charge in [-0.1, -0.05) is 61.5 Å². The summed E-state index contributed by atoms with van der Waals surface area (Å²) in [6.45, 7) is 2.20. The van der Waals surface area contributed by atoms with Crippen LogP contribution in [0.3, 0.4) is 0 Å². The van der Waals surface area contributed by atoms with E-state index in [2.05, 4.69) is 15.3 Å². The van der Waals surface area contributed by atoms with Crippen LogP contribution in [0.5, 0.6) is 11.5 Å². The smallest absolute Gasteiger partial charge is 0.363 e. The van der Waals surface area contributed by atoms with E-state index in [4.69, 9.17) is 18.9 Å². The average Bonchev–Trinajstić information content (AvgIpc) is 3.63. The topological polar surface area (TPSA) is 120 Å². The van der Waals surface area contributed by atoms with Crippen LogP contribution in [0.1, 0.15) is 41.7 Å². The first-order chi connectivity index (χ1) is 21.0. The van der Waals surface area contributed by atoms with Crippen molar-refractivity contribution in [1.29, 1.82) is 0 Å². The van der Waals surface area contributed by atoms with Crippen molar-refractivity contribution in [2.75, 3.05) is 20.8 Å². The monoisotopic (exact) mass is 582 g/mol. The van der Waals surface area contributed by atoms with E-state index < -0.39 is 29.6 Å². The van der Waals surface area contributed by atoms with Gasteiger partial charge in [0.05, 0.1) is 50.9 Å². The summed E-state index contributed by atoms with van der Waals surface area (Å²) in [5.74, 6) is 1.24. The summed E-state index contributed by atoms with van der Waals surface area (Å²) in [7, 11) is 3.28. The summed E-state index contributed by atoms with van der Waals surface area (Å²) >= 11 is 0. The van der Waals surface area contributed by atoms with E-state index in [0.29, 0.717) is 17.5 Å². The van der Waals surface area contributed by atoms with E-state index in [1.165, 1.54) is 10.7 Å². The van der Waals surface area contributed by atoms with Gasteiger partial charge in [-0.25, -0.2) is 9.89 Å². The van der Waals surface area contributed by atoms with E-state index in [1.807, 2.05) is 85.8 Å².